The summed E-state index contributed by atoms with van der Waals surface area (Å²) in [5.41, 5.74) is 0. The van der Waals surface area contributed by atoms with Crippen molar-refractivity contribution in [2.24, 2.45) is 0 Å². The number of hydrogen-bond donors (Lipinski definition) is 5. The van der Waals surface area contributed by atoms with Gasteiger partial charge in [-0.3, -0.25) is 4.79 Å². The summed E-state index contributed by atoms with van der Waals surface area (Å²) in [5.74, 6) is -0.595. The van der Waals surface area contributed by atoms with E-state index in [1.54, 1.807) is 0 Å². The number of unbranched alkanes of at least 4 members (excludes halogenated alkanes) is 46. The second-order valence-corrected chi connectivity index (χ2v) is 23.5. The van der Waals surface area contributed by atoms with Gasteiger partial charge >= 0.3 is 0 Å². The number of aliphatic hydroxyl groups is 4. The number of amides is 1. The molecule has 0 saturated carbocycles. The molecule has 0 spiro atoms. The summed E-state index contributed by atoms with van der Waals surface area (Å²) >= 11 is 0. The zero-order chi connectivity index (χ0) is 55.1. The topological polar surface area (TPSA) is 110 Å². The number of hydrogen-bond acceptors (Lipinski definition) is 5. The average Bonchev–Trinajstić information content (AvgIpc) is 3.42. The van der Waals surface area contributed by atoms with E-state index < -0.39 is 36.9 Å². The summed E-state index contributed by atoms with van der Waals surface area (Å²) in [6, 6.07) is -1.01. The molecule has 0 aliphatic rings. The predicted molar refractivity (Wildman–Crippen MR) is 334 cm³/mol. The molecule has 1 amide bonds. The quantitative estimate of drug-likeness (QED) is 0.0308. The van der Waals surface area contributed by atoms with Gasteiger partial charge in [-0.25, -0.2) is 0 Å². The molecular weight excluding hydrogens is 935 g/mol. The number of carbonyl (C=O) groups excluding carboxylic acids is 1. The van der Waals surface area contributed by atoms with Crippen molar-refractivity contribution in [1.82, 2.24) is 5.32 Å². The third-order valence-electron chi connectivity index (χ3n) is 16.0. The minimum atomic E-state index is -1.29. The highest BCUT2D eigenvalue weighted by molar-refractivity contribution is 5.80. The molecule has 4 unspecified atom stereocenters. The lowest BCUT2D eigenvalue weighted by Crippen LogP contribution is -2.53. The van der Waals surface area contributed by atoms with E-state index in [1.165, 1.54) is 283 Å². The summed E-state index contributed by atoms with van der Waals surface area (Å²) in [4.78, 5) is 12.6. The highest BCUT2D eigenvalue weighted by Gasteiger charge is 2.28. The molecule has 0 heterocycles. The number of aliphatic hydroxyl groups excluding tert-OH is 4. The van der Waals surface area contributed by atoms with Gasteiger partial charge in [-0.05, 0) is 83.5 Å². The van der Waals surface area contributed by atoms with Crippen LogP contribution in [-0.4, -0.2) is 57.3 Å². The molecule has 0 aliphatic heterocycles. The van der Waals surface area contributed by atoms with Crippen molar-refractivity contribution < 1.29 is 25.2 Å². The summed E-state index contributed by atoms with van der Waals surface area (Å²) in [6.07, 6.45) is 83.7. The largest absolute Gasteiger partial charge is 0.394 e. The third-order valence-corrected chi connectivity index (χ3v) is 16.0. The Labute approximate surface area is 474 Å². The van der Waals surface area contributed by atoms with E-state index in [0.717, 1.165) is 44.9 Å². The molecule has 6 heteroatoms. The van der Waals surface area contributed by atoms with Crippen molar-refractivity contribution in [2.45, 2.75) is 385 Å². The monoisotopic (exact) mass is 1070 g/mol. The Morgan fingerprint density at radius 2 is 0.592 bits per heavy atom. The Morgan fingerprint density at radius 3 is 0.908 bits per heavy atom. The zero-order valence-electron chi connectivity index (χ0n) is 51.0. The van der Waals surface area contributed by atoms with Crippen molar-refractivity contribution in [3.05, 3.63) is 48.6 Å². The van der Waals surface area contributed by atoms with Gasteiger partial charge in [0.05, 0.1) is 18.8 Å². The van der Waals surface area contributed by atoms with E-state index in [2.05, 4.69) is 67.8 Å². The van der Waals surface area contributed by atoms with Gasteiger partial charge in [0.2, 0.25) is 5.91 Å². The first-order valence-corrected chi connectivity index (χ1v) is 34.0. The van der Waals surface area contributed by atoms with E-state index in [4.69, 9.17) is 0 Å². The number of carbonyl (C=O) groups is 1. The maximum absolute atomic E-state index is 12.6. The molecule has 76 heavy (non-hydrogen) atoms. The fraction of sp³-hybridized carbons (Fsp3) is 0.871. The lowest BCUT2D eigenvalue weighted by Gasteiger charge is -2.27. The molecular formula is C70H133NO5. The molecule has 0 aromatic heterocycles. The van der Waals surface area contributed by atoms with Crippen molar-refractivity contribution in [3.8, 4) is 0 Å². The molecule has 0 bridgehead atoms. The van der Waals surface area contributed by atoms with Gasteiger partial charge in [-0.2, -0.15) is 0 Å². The van der Waals surface area contributed by atoms with E-state index in [0.29, 0.717) is 19.3 Å². The maximum atomic E-state index is 12.6. The van der Waals surface area contributed by atoms with Crippen LogP contribution in [0.1, 0.15) is 361 Å². The van der Waals surface area contributed by atoms with Gasteiger partial charge in [-0.15, -0.1) is 0 Å². The molecule has 0 aliphatic carbocycles. The molecule has 0 saturated heterocycles. The minimum absolute atomic E-state index is 0.358. The van der Waals surface area contributed by atoms with E-state index >= 15 is 0 Å². The van der Waals surface area contributed by atoms with Gasteiger partial charge < -0.3 is 25.7 Å². The Balaban J connectivity index is 3.62. The Bertz CT molecular complexity index is 1250. The lowest BCUT2D eigenvalue weighted by molar-refractivity contribution is -0.132. The van der Waals surface area contributed by atoms with Crippen molar-refractivity contribution in [3.63, 3.8) is 0 Å². The first-order chi connectivity index (χ1) is 37.5. The smallest absolute Gasteiger partial charge is 0.249 e. The van der Waals surface area contributed by atoms with Crippen LogP contribution in [0, 0.1) is 0 Å². The van der Waals surface area contributed by atoms with E-state index in [1.807, 2.05) is 0 Å². The lowest BCUT2D eigenvalue weighted by atomic mass is 10.00. The Morgan fingerprint density at radius 1 is 0.329 bits per heavy atom. The van der Waals surface area contributed by atoms with Crippen LogP contribution in [0.2, 0.25) is 0 Å². The summed E-state index contributed by atoms with van der Waals surface area (Å²) < 4.78 is 0. The standard InChI is InChI=1S/C70H133NO5/c1-3-5-7-9-11-13-15-17-19-21-23-25-27-29-31-33-34-35-36-38-39-41-43-45-47-49-51-53-55-57-59-61-63-67(73)69(75)66(65-72)71-70(76)68(74)64-62-60-58-56-54-52-50-48-46-44-42-40-37-32-30-28-26-24-22-20-18-16-14-12-10-8-6-4-2/h24,26,30,32,47,49,55,57,66-69,72-75H,3-23,25,27-29,31,33-46,48,50-54,56,58-65H2,1-2H3,(H,71,76)/b26-24-,32-30-,49-47+,57-55+. The molecule has 448 valence electrons. The fourth-order valence-corrected chi connectivity index (χ4v) is 10.7. The van der Waals surface area contributed by atoms with Crippen molar-refractivity contribution >= 4 is 5.91 Å². The molecule has 0 rings (SSSR count). The summed E-state index contributed by atoms with van der Waals surface area (Å²) in [7, 11) is 0. The van der Waals surface area contributed by atoms with Gasteiger partial charge in [0.15, 0.2) is 0 Å². The number of nitrogens with one attached hydrogen (secondary N) is 1. The first-order valence-electron chi connectivity index (χ1n) is 34.0. The third kappa shape index (κ3) is 57.0. The molecule has 0 fully saturated rings. The summed E-state index contributed by atoms with van der Waals surface area (Å²) in [5, 5.41) is 44.1. The van der Waals surface area contributed by atoms with Crippen LogP contribution < -0.4 is 5.32 Å². The van der Waals surface area contributed by atoms with E-state index in [-0.39, 0.29) is 0 Å². The van der Waals surface area contributed by atoms with Crippen molar-refractivity contribution in [1.29, 1.82) is 0 Å². The highest BCUT2D eigenvalue weighted by atomic mass is 16.3. The van der Waals surface area contributed by atoms with Crippen LogP contribution >= 0.6 is 0 Å². The number of rotatable bonds is 63. The maximum Gasteiger partial charge on any atom is 0.249 e. The second kappa shape index (κ2) is 64.1. The van der Waals surface area contributed by atoms with Crippen LogP contribution in [-0.2, 0) is 4.79 Å². The highest BCUT2D eigenvalue weighted by Crippen LogP contribution is 2.18. The van der Waals surface area contributed by atoms with Crippen LogP contribution in [0.3, 0.4) is 0 Å². The van der Waals surface area contributed by atoms with Crippen LogP contribution in [0.5, 0.6) is 0 Å². The van der Waals surface area contributed by atoms with Gasteiger partial charge in [0, 0.05) is 0 Å². The first kappa shape index (κ1) is 74.3. The van der Waals surface area contributed by atoms with Crippen LogP contribution in [0.15, 0.2) is 48.6 Å². The van der Waals surface area contributed by atoms with Gasteiger partial charge in [0.1, 0.15) is 12.2 Å². The molecule has 0 radical (unpaired) electrons. The molecule has 5 N–H and O–H groups in total. The normalized spacial score (nSPS) is 13.8. The van der Waals surface area contributed by atoms with E-state index in [9.17, 15) is 25.2 Å². The molecule has 4 atom stereocenters. The van der Waals surface area contributed by atoms with Crippen LogP contribution in [0.25, 0.3) is 0 Å². The van der Waals surface area contributed by atoms with Crippen molar-refractivity contribution in [2.75, 3.05) is 6.61 Å². The molecule has 0 aromatic rings. The fourth-order valence-electron chi connectivity index (χ4n) is 10.7. The predicted octanol–water partition coefficient (Wildman–Crippen LogP) is 20.9. The Hall–Kier alpha value is -1.73. The molecule has 6 nitrogen and oxygen atoms in total. The summed E-state index contributed by atoms with van der Waals surface area (Å²) in [6.45, 7) is 4.08. The second-order valence-electron chi connectivity index (χ2n) is 23.5. The SMILES string of the molecule is CCCCCCCCCCC/C=C\C/C=C\CCCCCCCCCCCCCCC(O)C(=O)NC(CO)C(O)C(O)CCC/C=C/CC/C=C/CCCCCCCCCCCCCCCCCCCCCCCCC. The van der Waals surface area contributed by atoms with Gasteiger partial charge in [0.25, 0.3) is 0 Å². The van der Waals surface area contributed by atoms with Crippen LogP contribution in [0.4, 0.5) is 0 Å². The Kier molecular flexibility index (Phi) is 62.6. The number of allylic oxidation sites excluding steroid dienone is 8. The zero-order valence-corrected chi connectivity index (χ0v) is 51.0. The minimum Gasteiger partial charge on any atom is -0.394 e. The van der Waals surface area contributed by atoms with Gasteiger partial charge in [-0.1, -0.05) is 326 Å². The average molecular weight is 1070 g/mol. The molecule has 0 aromatic carbocycles.